The van der Waals surface area contributed by atoms with Gasteiger partial charge in [-0.3, -0.25) is 9.59 Å². The average molecular weight is 328 g/mol. The molecule has 0 aliphatic rings. The summed E-state index contributed by atoms with van der Waals surface area (Å²) >= 11 is 0. The third kappa shape index (κ3) is 6.15. The lowest BCUT2D eigenvalue weighted by Gasteiger charge is -2.25. The van der Waals surface area contributed by atoms with E-state index in [9.17, 15) is 9.59 Å². The number of rotatable bonds is 7. The Kier molecular flexibility index (Phi) is 7.15. The second kappa shape index (κ2) is 8.62. The highest BCUT2D eigenvalue weighted by Gasteiger charge is 2.27. The molecule has 3 nitrogen and oxygen atoms in total. The van der Waals surface area contributed by atoms with Gasteiger partial charge in [0.05, 0.1) is 5.92 Å². The van der Waals surface area contributed by atoms with E-state index in [0.717, 1.165) is 5.56 Å². The van der Waals surface area contributed by atoms with E-state index in [1.165, 1.54) is 0 Å². The highest BCUT2D eigenvalue weighted by Crippen LogP contribution is 2.25. The fourth-order valence-electron chi connectivity index (χ4n) is 2.29. The molecule has 0 saturated carbocycles. The number of ether oxygens (including phenoxy) is 1. The quantitative estimate of drug-likeness (QED) is 0.409. The second-order valence-electron chi connectivity index (χ2n) is 7.17. The molecule has 0 aliphatic heterocycles. The number of benzene rings is 1. The predicted molar refractivity (Wildman–Crippen MR) is 98.4 cm³/mol. The first-order valence-corrected chi connectivity index (χ1v) is 8.30. The molecule has 1 rings (SSSR count). The van der Waals surface area contributed by atoms with Crippen LogP contribution in [0.5, 0.6) is 0 Å². The zero-order chi connectivity index (χ0) is 18.3. The van der Waals surface area contributed by atoms with Gasteiger partial charge in [-0.15, -0.1) is 6.58 Å². The molecule has 0 fully saturated rings. The van der Waals surface area contributed by atoms with E-state index in [1.807, 2.05) is 65.0 Å². The number of Topliss-reactive ketones (excluding diaryl/α,β-unsaturated/α-hetero) is 1. The summed E-state index contributed by atoms with van der Waals surface area (Å²) in [5.74, 6) is -0.814. The molecular formula is C21H28O3. The monoisotopic (exact) mass is 328 g/mol. The Morgan fingerprint density at radius 2 is 1.75 bits per heavy atom. The Hall–Kier alpha value is -2.16. The lowest BCUT2D eigenvalue weighted by Crippen LogP contribution is -2.30. The van der Waals surface area contributed by atoms with Crippen molar-refractivity contribution in [1.82, 2.24) is 0 Å². The van der Waals surface area contributed by atoms with E-state index in [1.54, 1.807) is 12.2 Å². The van der Waals surface area contributed by atoms with Crippen molar-refractivity contribution < 1.29 is 14.3 Å². The van der Waals surface area contributed by atoms with E-state index in [0.29, 0.717) is 5.57 Å². The Bertz CT molecular complexity index is 604. The topological polar surface area (TPSA) is 43.4 Å². The van der Waals surface area contributed by atoms with Gasteiger partial charge in [0.25, 0.3) is 0 Å². The zero-order valence-corrected chi connectivity index (χ0v) is 15.3. The van der Waals surface area contributed by atoms with E-state index < -0.39 is 11.5 Å². The summed E-state index contributed by atoms with van der Waals surface area (Å²) in [5.41, 5.74) is 0.787. The van der Waals surface area contributed by atoms with Gasteiger partial charge in [-0.2, -0.15) is 0 Å². The highest BCUT2D eigenvalue weighted by atomic mass is 16.6. The number of esters is 1. The molecule has 3 heteroatoms. The molecule has 0 aliphatic carbocycles. The standard InChI is InChI=1S/C21H28O3/c1-7-11-19(22)18(16-12-9-8-10-13-16)14-17(15(2)3)20(23)24-21(4,5)6/h7-10,12-15,17H,1,11H2,2-6H3. The van der Waals surface area contributed by atoms with Gasteiger partial charge in [0.15, 0.2) is 5.78 Å². The normalized spacial score (nSPS) is 13.5. The molecule has 0 heterocycles. The van der Waals surface area contributed by atoms with Crippen LogP contribution in [-0.4, -0.2) is 17.4 Å². The van der Waals surface area contributed by atoms with Crippen molar-refractivity contribution in [1.29, 1.82) is 0 Å². The first kappa shape index (κ1) is 19.9. The van der Waals surface area contributed by atoms with Crippen LogP contribution in [0.25, 0.3) is 5.57 Å². The van der Waals surface area contributed by atoms with Crippen molar-refractivity contribution in [3.63, 3.8) is 0 Å². The van der Waals surface area contributed by atoms with Crippen molar-refractivity contribution >= 4 is 17.3 Å². The van der Waals surface area contributed by atoms with Crippen LogP contribution >= 0.6 is 0 Å². The summed E-state index contributed by atoms with van der Waals surface area (Å²) < 4.78 is 5.52. The van der Waals surface area contributed by atoms with Crippen molar-refractivity contribution in [2.75, 3.05) is 0 Å². The largest absolute Gasteiger partial charge is 0.460 e. The van der Waals surface area contributed by atoms with Crippen molar-refractivity contribution in [3.05, 3.63) is 54.6 Å². The van der Waals surface area contributed by atoms with E-state index >= 15 is 0 Å². The summed E-state index contributed by atoms with van der Waals surface area (Å²) in [6, 6.07) is 9.40. The molecule has 0 radical (unpaired) electrons. The van der Waals surface area contributed by atoms with Crippen LogP contribution in [0.15, 0.2) is 49.1 Å². The average Bonchev–Trinajstić information content (AvgIpc) is 2.46. The minimum absolute atomic E-state index is 0.0232. The Balaban J connectivity index is 3.28. The van der Waals surface area contributed by atoms with E-state index in [-0.39, 0.29) is 24.1 Å². The van der Waals surface area contributed by atoms with Crippen molar-refractivity contribution in [3.8, 4) is 0 Å². The van der Waals surface area contributed by atoms with E-state index in [4.69, 9.17) is 4.74 Å². The van der Waals surface area contributed by atoms with Gasteiger partial charge in [-0.05, 0) is 32.3 Å². The maximum Gasteiger partial charge on any atom is 0.313 e. The summed E-state index contributed by atoms with van der Waals surface area (Å²) in [4.78, 5) is 25.1. The van der Waals surface area contributed by atoms with Gasteiger partial charge < -0.3 is 4.74 Å². The van der Waals surface area contributed by atoms with Crippen LogP contribution < -0.4 is 0 Å². The molecule has 0 saturated heterocycles. The number of ketones is 1. The van der Waals surface area contributed by atoms with Gasteiger partial charge >= 0.3 is 5.97 Å². The highest BCUT2D eigenvalue weighted by molar-refractivity contribution is 6.21. The molecule has 0 bridgehead atoms. The molecule has 0 amide bonds. The maximum atomic E-state index is 12.5. The van der Waals surface area contributed by atoms with Crippen LogP contribution in [0.2, 0.25) is 0 Å². The van der Waals surface area contributed by atoms with Gasteiger partial charge in [0.1, 0.15) is 5.60 Å². The van der Waals surface area contributed by atoms with Crippen LogP contribution in [-0.2, 0) is 14.3 Å². The fraction of sp³-hybridized carbons (Fsp3) is 0.429. The zero-order valence-electron chi connectivity index (χ0n) is 15.3. The molecule has 1 atom stereocenters. The third-order valence-electron chi connectivity index (χ3n) is 3.46. The van der Waals surface area contributed by atoms with Crippen LogP contribution in [0, 0.1) is 11.8 Å². The lowest BCUT2D eigenvalue weighted by atomic mass is 9.89. The molecule has 1 unspecified atom stereocenters. The summed E-state index contributed by atoms with van der Waals surface area (Å²) in [7, 11) is 0. The van der Waals surface area contributed by atoms with Gasteiger partial charge in [-0.25, -0.2) is 0 Å². The smallest absolute Gasteiger partial charge is 0.313 e. The summed E-state index contributed by atoms with van der Waals surface area (Å²) in [6.07, 6.45) is 3.57. The summed E-state index contributed by atoms with van der Waals surface area (Å²) in [5, 5.41) is 0. The van der Waals surface area contributed by atoms with Crippen molar-refractivity contribution in [2.45, 2.75) is 46.6 Å². The summed E-state index contributed by atoms with van der Waals surface area (Å²) in [6.45, 7) is 13.1. The van der Waals surface area contributed by atoms with Gasteiger partial charge in [0, 0.05) is 12.0 Å². The predicted octanol–water partition coefficient (Wildman–Crippen LogP) is 4.83. The number of carbonyl (C=O) groups excluding carboxylic acids is 2. The van der Waals surface area contributed by atoms with Crippen LogP contribution in [0.4, 0.5) is 0 Å². The molecule has 0 aromatic heterocycles. The molecule has 1 aromatic carbocycles. The molecule has 24 heavy (non-hydrogen) atoms. The number of carbonyl (C=O) groups is 2. The Morgan fingerprint density at radius 1 is 1.17 bits per heavy atom. The Morgan fingerprint density at radius 3 is 2.21 bits per heavy atom. The van der Waals surface area contributed by atoms with Crippen molar-refractivity contribution in [2.24, 2.45) is 11.8 Å². The fourth-order valence-corrected chi connectivity index (χ4v) is 2.29. The van der Waals surface area contributed by atoms with Gasteiger partial charge in [-0.1, -0.05) is 56.3 Å². The number of hydrogen-bond donors (Lipinski definition) is 0. The molecule has 0 N–H and O–H groups in total. The van der Waals surface area contributed by atoms with Crippen LogP contribution in [0.3, 0.4) is 0 Å². The first-order chi connectivity index (χ1) is 11.2. The molecular weight excluding hydrogens is 300 g/mol. The molecule has 130 valence electrons. The second-order valence-corrected chi connectivity index (χ2v) is 7.17. The molecule has 0 spiro atoms. The minimum Gasteiger partial charge on any atom is -0.460 e. The Labute approximate surface area is 145 Å². The first-order valence-electron chi connectivity index (χ1n) is 8.30. The van der Waals surface area contributed by atoms with Gasteiger partial charge in [0.2, 0.25) is 0 Å². The maximum absolute atomic E-state index is 12.5. The van der Waals surface area contributed by atoms with E-state index in [2.05, 4.69) is 6.58 Å². The minimum atomic E-state index is -0.559. The van der Waals surface area contributed by atoms with Crippen LogP contribution in [0.1, 0.15) is 46.6 Å². The third-order valence-corrected chi connectivity index (χ3v) is 3.46. The number of allylic oxidation sites excluding steroid dienone is 2. The SMILES string of the molecule is C=CCC(=O)C(=CC(C(=O)OC(C)(C)C)C(C)C)c1ccccc1. The molecule has 1 aromatic rings. The number of hydrogen-bond acceptors (Lipinski definition) is 3. The lowest BCUT2D eigenvalue weighted by molar-refractivity contribution is -0.159.